The number of benzene rings is 2. The summed E-state index contributed by atoms with van der Waals surface area (Å²) in [6, 6.07) is 14.0. The van der Waals surface area contributed by atoms with Gasteiger partial charge in [-0.2, -0.15) is 0 Å². The highest BCUT2D eigenvalue weighted by molar-refractivity contribution is 7.07. The van der Waals surface area contributed by atoms with Crippen LogP contribution in [0.25, 0.3) is 17.4 Å². The first-order chi connectivity index (χ1) is 19.7. The second-order valence-electron chi connectivity index (χ2n) is 8.92. The lowest BCUT2D eigenvalue weighted by molar-refractivity contribution is -0.384. The van der Waals surface area contributed by atoms with Crippen molar-refractivity contribution >= 4 is 29.1 Å². The summed E-state index contributed by atoms with van der Waals surface area (Å²) in [4.78, 5) is 42.5. The van der Waals surface area contributed by atoms with E-state index in [2.05, 4.69) is 4.99 Å². The lowest BCUT2D eigenvalue weighted by Crippen LogP contribution is -2.39. The van der Waals surface area contributed by atoms with Gasteiger partial charge in [-0.15, -0.1) is 0 Å². The van der Waals surface area contributed by atoms with Crippen LogP contribution in [0.15, 0.2) is 80.1 Å². The Morgan fingerprint density at radius 3 is 2.56 bits per heavy atom. The number of hydrogen-bond acceptors (Lipinski definition) is 10. The van der Waals surface area contributed by atoms with Gasteiger partial charge in [0.25, 0.3) is 11.2 Å². The summed E-state index contributed by atoms with van der Waals surface area (Å²) in [6.07, 6.45) is 1.60. The molecule has 1 aliphatic heterocycles. The number of rotatable bonds is 8. The van der Waals surface area contributed by atoms with Crippen LogP contribution >= 0.6 is 11.3 Å². The highest BCUT2D eigenvalue weighted by Crippen LogP contribution is 2.35. The maximum absolute atomic E-state index is 13.8. The van der Waals surface area contributed by atoms with E-state index in [0.29, 0.717) is 43.4 Å². The highest BCUT2D eigenvalue weighted by Gasteiger charge is 2.33. The van der Waals surface area contributed by atoms with Crippen LogP contribution in [0.4, 0.5) is 5.69 Å². The van der Waals surface area contributed by atoms with Crippen molar-refractivity contribution < 1.29 is 28.3 Å². The van der Waals surface area contributed by atoms with Crippen LogP contribution in [-0.2, 0) is 9.53 Å². The van der Waals surface area contributed by atoms with Gasteiger partial charge < -0.3 is 18.6 Å². The van der Waals surface area contributed by atoms with Crippen LogP contribution in [-0.4, -0.2) is 36.3 Å². The van der Waals surface area contributed by atoms with Gasteiger partial charge in [-0.05, 0) is 49.7 Å². The lowest BCUT2D eigenvalue weighted by Gasteiger charge is -2.24. The van der Waals surface area contributed by atoms with E-state index in [0.717, 1.165) is 0 Å². The number of allylic oxidation sites excluding steroid dienone is 1. The van der Waals surface area contributed by atoms with Gasteiger partial charge >= 0.3 is 5.97 Å². The normalized spacial score (nSPS) is 14.8. The summed E-state index contributed by atoms with van der Waals surface area (Å²) in [7, 11) is 2.98. The van der Waals surface area contributed by atoms with E-state index in [9.17, 15) is 19.7 Å². The standard InChI is InChI=1S/C29H25N3O8S/c1-5-39-28(34)25-16(2)30-29-31(26(25)17-6-9-19(37-3)10-7-17)27(33)24(41-29)15-20-11-13-22(40-20)21-12-8-18(32(35)36)14-23(21)38-4/h6-15,26H,5H2,1-4H3/b24-15-. The van der Waals surface area contributed by atoms with Gasteiger partial charge in [-0.25, -0.2) is 9.79 Å². The summed E-state index contributed by atoms with van der Waals surface area (Å²) >= 11 is 1.17. The van der Waals surface area contributed by atoms with Crippen molar-refractivity contribution in [2.45, 2.75) is 19.9 Å². The summed E-state index contributed by atoms with van der Waals surface area (Å²) < 4.78 is 23.7. The van der Waals surface area contributed by atoms with Crippen molar-refractivity contribution in [2.75, 3.05) is 20.8 Å². The van der Waals surface area contributed by atoms with Crippen molar-refractivity contribution in [1.82, 2.24) is 4.57 Å². The van der Waals surface area contributed by atoms with Crippen molar-refractivity contribution in [2.24, 2.45) is 4.99 Å². The highest BCUT2D eigenvalue weighted by atomic mass is 32.1. The summed E-state index contributed by atoms with van der Waals surface area (Å²) in [5.41, 5.74) is 1.50. The number of fused-ring (bicyclic) bond motifs is 1. The molecule has 0 aliphatic carbocycles. The number of esters is 1. The average molecular weight is 576 g/mol. The minimum Gasteiger partial charge on any atom is -0.497 e. The molecule has 0 bridgehead atoms. The topological polar surface area (TPSA) is 135 Å². The molecule has 0 saturated carbocycles. The van der Waals surface area contributed by atoms with Crippen LogP contribution in [0.2, 0.25) is 0 Å². The maximum Gasteiger partial charge on any atom is 0.338 e. The molecule has 0 radical (unpaired) electrons. The number of nitro benzene ring substituents is 1. The van der Waals surface area contributed by atoms with Gasteiger partial charge in [-0.3, -0.25) is 19.5 Å². The SMILES string of the molecule is CCOC(=O)C1=C(C)N=c2s/c(=C\c3ccc(-c4ccc([N+](=O)[O-])cc4OC)o3)c(=O)n2C1c1ccc(OC)cc1. The average Bonchev–Trinajstić information content (AvgIpc) is 3.56. The summed E-state index contributed by atoms with van der Waals surface area (Å²) in [6.45, 7) is 3.61. The van der Waals surface area contributed by atoms with Crippen LogP contribution in [0.1, 0.15) is 31.2 Å². The second kappa shape index (κ2) is 11.3. The van der Waals surface area contributed by atoms with Crippen molar-refractivity contribution in [1.29, 1.82) is 0 Å². The van der Waals surface area contributed by atoms with Crippen LogP contribution in [0, 0.1) is 10.1 Å². The predicted octanol–water partition coefficient (Wildman–Crippen LogP) is 3.98. The molecule has 2 aromatic heterocycles. The number of furan rings is 1. The van der Waals surface area contributed by atoms with Gasteiger partial charge in [0, 0.05) is 12.1 Å². The Balaban J connectivity index is 1.60. The molecule has 0 amide bonds. The molecule has 1 unspecified atom stereocenters. The fraction of sp³-hybridized carbons (Fsp3) is 0.207. The van der Waals surface area contributed by atoms with E-state index in [1.807, 2.05) is 0 Å². The Morgan fingerprint density at radius 2 is 1.90 bits per heavy atom. The quantitative estimate of drug-likeness (QED) is 0.175. The van der Waals surface area contributed by atoms with Crippen molar-refractivity contribution in [3.8, 4) is 22.8 Å². The van der Waals surface area contributed by atoms with E-state index in [1.165, 1.54) is 35.1 Å². The fourth-order valence-corrected chi connectivity index (χ4v) is 5.62. The predicted molar refractivity (Wildman–Crippen MR) is 151 cm³/mol. The van der Waals surface area contributed by atoms with Crippen LogP contribution < -0.4 is 24.4 Å². The van der Waals surface area contributed by atoms with Gasteiger partial charge in [0.2, 0.25) is 0 Å². The Hall–Kier alpha value is -4.97. The van der Waals surface area contributed by atoms with Crippen molar-refractivity contribution in [3.05, 3.63) is 107 Å². The van der Waals surface area contributed by atoms with Crippen LogP contribution in [0.5, 0.6) is 11.5 Å². The number of ether oxygens (including phenoxy) is 3. The Morgan fingerprint density at radius 1 is 1.15 bits per heavy atom. The number of nitrogens with zero attached hydrogens (tertiary/aromatic N) is 3. The first kappa shape index (κ1) is 27.6. The molecule has 41 heavy (non-hydrogen) atoms. The molecule has 0 spiro atoms. The summed E-state index contributed by atoms with van der Waals surface area (Å²) in [5, 5.41) is 11.1. The van der Waals surface area contributed by atoms with Crippen LogP contribution in [0.3, 0.4) is 0 Å². The largest absolute Gasteiger partial charge is 0.497 e. The Bertz CT molecular complexity index is 1860. The Kier molecular flexibility index (Phi) is 7.58. The smallest absolute Gasteiger partial charge is 0.338 e. The maximum atomic E-state index is 13.8. The molecular formula is C29H25N3O8S. The zero-order chi connectivity index (χ0) is 29.3. The summed E-state index contributed by atoms with van der Waals surface area (Å²) in [5.74, 6) is 1.16. The van der Waals surface area contributed by atoms with E-state index in [-0.39, 0.29) is 29.2 Å². The zero-order valence-electron chi connectivity index (χ0n) is 22.6. The minimum absolute atomic E-state index is 0.109. The number of carbonyl (C=O) groups is 1. The number of non-ortho nitro benzene ring substituents is 1. The molecule has 3 heterocycles. The molecule has 5 rings (SSSR count). The number of nitro groups is 1. The molecule has 0 fully saturated rings. The monoisotopic (exact) mass is 575 g/mol. The Labute approximate surface area is 237 Å². The molecular weight excluding hydrogens is 550 g/mol. The van der Waals surface area contributed by atoms with Gasteiger partial charge in [0.15, 0.2) is 4.80 Å². The van der Waals surface area contributed by atoms with E-state index in [4.69, 9.17) is 18.6 Å². The van der Waals surface area contributed by atoms with E-state index >= 15 is 0 Å². The molecule has 12 heteroatoms. The first-order valence-corrected chi connectivity index (χ1v) is 13.3. The second-order valence-corrected chi connectivity index (χ2v) is 9.93. The fourth-order valence-electron chi connectivity index (χ4n) is 4.59. The number of hydrogen-bond donors (Lipinski definition) is 0. The molecule has 0 N–H and O–H groups in total. The number of methoxy groups -OCH3 is 2. The zero-order valence-corrected chi connectivity index (χ0v) is 23.4. The minimum atomic E-state index is -0.755. The number of carbonyl (C=O) groups excluding carboxylic acids is 1. The molecule has 1 atom stereocenters. The number of thiazole rings is 1. The molecule has 1 aliphatic rings. The first-order valence-electron chi connectivity index (χ1n) is 12.5. The molecule has 4 aromatic rings. The van der Waals surface area contributed by atoms with Gasteiger partial charge in [-0.1, -0.05) is 23.5 Å². The van der Waals surface area contributed by atoms with Crippen molar-refractivity contribution in [3.63, 3.8) is 0 Å². The molecule has 0 saturated heterocycles. The third-order valence-electron chi connectivity index (χ3n) is 6.51. The van der Waals surface area contributed by atoms with Gasteiger partial charge in [0.1, 0.15) is 23.0 Å². The third-order valence-corrected chi connectivity index (χ3v) is 7.49. The lowest BCUT2D eigenvalue weighted by atomic mass is 9.96. The molecule has 11 nitrogen and oxygen atoms in total. The molecule has 210 valence electrons. The van der Waals surface area contributed by atoms with E-state index < -0.39 is 16.9 Å². The number of aromatic nitrogens is 1. The third kappa shape index (κ3) is 5.16. The van der Waals surface area contributed by atoms with Gasteiger partial charge in [0.05, 0.1) is 59.2 Å². The molecule has 2 aromatic carbocycles. The van der Waals surface area contributed by atoms with E-state index in [1.54, 1.807) is 69.5 Å².